The molecule has 0 unspecified atom stereocenters. The fraction of sp³-hybridized carbons (Fsp3) is 0.917. The third-order valence-electron chi connectivity index (χ3n) is 3.70. The minimum absolute atomic E-state index is 0.0309. The van der Waals surface area contributed by atoms with Crippen LogP contribution in [0.3, 0.4) is 0 Å². The molecule has 0 aromatic carbocycles. The lowest BCUT2D eigenvalue weighted by Gasteiger charge is -2.36. The second-order valence-corrected chi connectivity index (χ2v) is 7.09. The Morgan fingerprint density at radius 2 is 1.85 bits per heavy atom. The monoisotopic (exact) mass is 307 g/mol. The molecule has 8 heteroatoms. The van der Waals surface area contributed by atoms with E-state index >= 15 is 0 Å². The van der Waals surface area contributed by atoms with Gasteiger partial charge in [-0.1, -0.05) is 0 Å². The maximum absolute atomic E-state index is 12.2. The molecule has 2 fully saturated rings. The van der Waals surface area contributed by atoms with Gasteiger partial charge in [0.2, 0.25) is 10.0 Å². The zero-order valence-corrected chi connectivity index (χ0v) is 12.5. The molecule has 0 N–H and O–H groups in total. The predicted molar refractivity (Wildman–Crippen MR) is 70.5 cm³/mol. The molecule has 1 spiro atoms. The van der Waals surface area contributed by atoms with Crippen molar-refractivity contribution in [2.75, 3.05) is 39.2 Å². The molecule has 0 aromatic rings. The normalized spacial score (nSPS) is 23.1. The van der Waals surface area contributed by atoms with Crippen molar-refractivity contribution in [2.45, 2.75) is 31.5 Å². The highest BCUT2D eigenvalue weighted by atomic mass is 32.2. The summed E-state index contributed by atoms with van der Waals surface area (Å²) < 4.78 is 41.4. The standard InChI is InChI=1S/C12H21NO6S/c1-17-11(14)3-2-10-20(15,16)13-6-4-12(5-7-13)18-8-9-19-12/h2-10H2,1H3. The Kier molecular flexibility index (Phi) is 5.00. The van der Waals surface area contributed by atoms with Crippen molar-refractivity contribution in [3.63, 3.8) is 0 Å². The average Bonchev–Trinajstić information content (AvgIpc) is 2.87. The largest absolute Gasteiger partial charge is 0.469 e. The quantitative estimate of drug-likeness (QED) is 0.670. The molecule has 0 radical (unpaired) electrons. The number of ether oxygens (including phenoxy) is 3. The van der Waals surface area contributed by atoms with Gasteiger partial charge in [-0.3, -0.25) is 4.79 Å². The molecule has 2 aliphatic rings. The highest BCUT2D eigenvalue weighted by Crippen LogP contribution is 2.32. The van der Waals surface area contributed by atoms with Gasteiger partial charge in [0.05, 0.1) is 26.1 Å². The summed E-state index contributed by atoms with van der Waals surface area (Å²) in [5, 5.41) is 0. The van der Waals surface area contributed by atoms with Crippen molar-refractivity contribution in [1.29, 1.82) is 0 Å². The highest BCUT2D eigenvalue weighted by Gasteiger charge is 2.42. The summed E-state index contributed by atoms with van der Waals surface area (Å²) in [6.45, 7) is 1.96. The summed E-state index contributed by atoms with van der Waals surface area (Å²) in [6.07, 6.45) is 1.52. The van der Waals surface area contributed by atoms with Crippen LogP contribution in [0.5, 0.6) is 0 Å². The molecular weight excluding hydrogens is 286 g/mol. The molecule has 2 heterocycles. The number of hydrogen-bond acceptors (Lipinski definition) is 6. The van der Waals surface area contributed by atoms with E-state index in [4.69, 9.17) is 9.47 Å². The molecule has 7 nitrogen and oxygen atoms in total. The molecule has 2 rings (SSSR count). The van der Waals surface area contributed by atoms with E-state index in [1.165, 1.54) is 11.4 Å². The maximum atomic E-state index is 12.2. The maximum Gasteiger partial charge on any atom is 0.305 e. The molecule has 20 heavy (non-hydrogen) atoms. The van der Waals surface area contributed by atoms with Crippen molar-refractivity contribution in [1.82, 2.24) is 4.31 Å². The van der Waals surface area contributed by atoms with Crippen LogP contribution in [0, 0.1) is 0 Å². The Morgan fingerprint density at radius 3 is 2.40 bits per heavy atom. The lowest BCUT2D eigenvalue weighted by Crippen LogP contribution is -2.47. The number of hydrogen-bond donors (Lipinski definition) is 0. The first-order chi connectivity index (χ1) is 9.47. The molecule has 0 amide bonds. The topological polar surface area (TPSA) is 82.1 Å². The van der Waals surface area contributed by atoms with Gasteiger partial charge in [0, 0.05) is 32.4 Å². The van der Waals surface area contributed by atoms with Crippen molar-refractivity contribution >= 4 is 16.0 Å². The minimum atomic E-state index is -3.32. The van der Waals surface area contributed by atoms with Gasteiger partial charge in [-0.2, -0.15) is 0 Å². The van der Waals surface area contributed by atoms with Crippen molar-refractivity contribution < 1.29 is 27.4 Å². The molecular formula is C12H21NO6S. The number of carbonyl (C=O) groups excluding carboxylic acids is 1. The Morgan fingerprint density at radius 1 is 1.25 bits per heavy atom. The van der Waals surface area contributed by atoms with Crippen molar-refractivity contribution in [2.24, 2.45) is 0 Å². The smallest absolute Gasteiger partial charge is 0.305 e. The summed E-state index contributed by atoms with van der Waals surface area (Å²) in [5.74, 6) is -0.986. The second-order valence-electron chi connectivity index (χ2n) is 5.00. The number of carbonyl (C=O) groups is 1. The first-order valence-electron chi connectivity index (χ1n) is 6.80. The molecule has 0 atom stereocenters. The number of nitrogens with zero attached hydrogens (tertiary/aromatic N) is 1. The van der Waals surface area contributed by atoms with Crippen LogP contribution in [-0.4, -0.2) is 63.6 Å². The van der Waals surface area contributed by atoms with E-state index in [9.17, 15) is 13.2 Å². The zero-order chi connectivity index (χ0) is 14.6. The van der Waals surface area contributed by atoms with E-state index in [1.54, 1.807) is 0 Å². The first kappa shape index (κ1) is 15.7. The van der Waals surface area contributed by atoms with Crippen LogP contribution >= 0.6 is 0 Å². The van der Waals surface area contributed by atoms with E-state index in [0.717, 1.165) is 0 Å². The first-order valence-corrected chi connectivity index (χ1v) is 8.41. The number of methoxy groups -OCH3 is 1. The lowest BCUT2D eigenvalue weighted by molar-refractivity contribution is -0.179. The van der Waals surface area contributed by atoms with Crippen LogP contribution in [-0.2, 0) is 29.0 Å². The number of rotatable bonds is 5. The SMILES string of the molecule is COC(=O)CCCS(=O)(=O)N1CCC2(CC1)OCCO2. The van der Waals surface area contributed by atoms with Gasteiger partial charge >= 0.3 is 5.97 Å². The summed E-state index contributed by atoms with van der Waals surface area (Å²) >= 11 is 0. The Labute approximate surface area is 119 Å². The molecule has 116 valence electrons. The van der Waals surface area contributed by atoms with Gasteiger partial charge in [0.15, 0.2) is 5.79 Å². The van der Waals surface area contributed by atoms with Gasteiger partial charge in [-0.05, 0) is 6.42 Å². The predicted octanol–water partition coefficient (Wildman–Crippen LogP) is 0.108. The fourth-order valence-electron chi connectivity index (χ4n) is 2.52. The third-order valence-corrected chi connectivity index (χ3v) is 5.66. The van der Waals surface area contributed by atoms with E-state index < -0.39 is 15.8 Å². The molecule has 0 saturated carbocycles. The zero-order valence-electron chi connectivity index (χ0n) is 11.7. The van der Waals surface area contributed by atoms with Crippen LogP contribution in [0.25, 0.3) is 0 Å². The van der Waals surface area contributed by atoms with E-state index in [0.29, 0.717) is 39.1 Å². The number of esters is 1. The van der Waals surface area contributed by atoms with E-state index in [1.807, 2.05) is 0 Å². The number of sulfonamides is 1. The van der Waals surface area contributed by atoms with Gasteiger partial charge in [-0.15, -0.1) is 0 Å². The van der Waals surface area contributed by atoms with Crippen LogP contribution in [0.1, 0.15) is 25.7 Å². The lowest BCUT2D eigenvalue weighted by atomic mass is 10.1. The van der Waals surface area contributed by atoms with Crippen molar-refractivity contribution in [3.05, 3.63) is 0 Å². The minimum Gasteiger partial charge on any atom is -0.469 e. The Bertz CT molecular complexity index is 433. The highest BCUT2D eigenvalue weighted by molar-refractivity contribution is 7.89. The summed E-state index contributed by atoms with van der Waals surface area (Å²) in [4.78, 5) is 11.0. The van der Waals surface area contributed by atoms with Gasteiger partial charge < -0.3 is 14.2 Å². The molecule has 0 aromatic heterocycles. The van der Waals surface area contributed by atoms with Crippen LogP contribution in [0.15, 0.2) is 0 Å². The summed E-state index contributed by atoms with van der Waals surface area (Å²) in [7, 11) is -2.02. The average molecular weight is 307 g/mol. The third kappa shape index (κ3) is 3.69. The molecule has 2 saturated heterocycles. The molecule has 0 aliphatic carbocycles. The van der Waals surface area contributed by atoms with Gasteiger partial charge in [-0.25, -0.2) is 12.7 Å². The van der Waals surface area contributed by atoms with Crippen LogP contribution in [0.2, 0.25) is 0 Å². The fourth-order valence-corrected chi connectivity index (χ4v) is 4.03. The van der Waals surface area contributed by atoms with Crippen LogP contribution < -0.4 is 0 Å². The van der Waals surface area contributed by atoms with E-state index in [2.05, 4.69) is 4.74 Å². The van der Waals surface area contributed by atoms with E-state index in [-0.39, 0.29) is 24.6 Å². The van der Waals surface area contributed by atoms with Crippen molar-refractivity contribution in [3.8, 4) is 0 Å². The summed E-state index contributed by atoms with van der Waals surface area (Å²) in [5.41, 5.74) is 0. The summed E-state index contributed by atoms with van der Waals surface area (Å²) in [6, 6.07) is 0. The van der Waals surface area contributed by atoms with Gasteiger partial charge in [0.25, 0.3) is 0 Å². The Hall–Kier alpha value is -0.700. The second kappa shape index (κ2) is 6.38. The molecule has 2 aliphatic heterocycles. The van der Waals surface area contributed by atoms with Crippen LogP contribution in [0.4, 0.5) is 0 Å². The number of piperidine rings is 1. The Balaban J connectivity index is 1.80. The van der Waals surface area contributed by atoms with Gasteiger partial charge in [0.1, 0.15) is 0 Å². The molecule has 0 bridgehead atoms.